The zero-order valence-electron chi connectivity index (χ0n) is 11.2. The van der Waals surface area contributed by atoms with E-state index >= 15 is 0 Å². The largest absolute Gasteiger partial charge is 0.310 e. The first-order chi connectivity index (χ1) is 9.29. The van der Waals surface area contributed by atoms with Gasteiger partial charge in [-0.3, -0.25) is 0 Å². The summed E-state index contributed by atoms with van der Waals surface area (Å²) < 4.78 is 0. The van der Waals surface area contributed by atoms with Crippen molar-refractivity contribution in [3.05, 3.63) is 57.2 Å². The van der Waals surface area contributed by atoms with Crippen LogP contribution >= 0.6 is 22.9 Å². The van der Waals surface area contributed by atoms with E-state index in [1.54, 1.807) is 0 Å². The minimum Gasteiger partial charge on any atom is -0.310 e. The van der Waals surface area contributed by atoms with Gasteiger partial charge in [-0.2, -0.15) is 0 Å². The summed E-state index contributed by atoms with van der Waals surface area (Å²) in [4.78, 5) is 1.48. The number of benzene rings is 1. The van der Waals surface area contributed by atoms with Gasteiger partial charge in [0.2, 0.25) is 0 Å². The van der Waals surface area contributed by atoms with E-state index in [0.717, 1.165) is 18.0 Å². The van der Waals surface area contributed by atoms with Gasteiger partial charge in [0, 0.05) is 15.9 Å². The first-order valence-corrected chi connectivity index (χ1v) is 8.06. The Kier molecular flexibility index (Phi) is 5.90. The lowest BCUT2D eigenvalue weighted by molar-refractivity contribution is 0.499. The predicted molar refractivity (Wildman–Crippen MR) is 85.1 cm³/mol. The second-order valence-corrected chi connectivity index (χ2v) is 6.10. The molecule has 0 radical (unpaired) electrons. The molecule has 0 aliphatic heterocycles. The standard InChI is InChI=1S/C16H20ClNS/c1-2-18-16(13-8-10-14(17)11-9-13)7-3-5-15-6-4-12-19-15/h4,6,8-12,16,18H,2-3,5,7H2,1H3. The number of rotatable bonds is 7. The van der Waals surface area contributed by atoms with E-state index in [9.17, 15) is 0 Å². The van der Waals surface area contributed by atoms with Gasteiger partial charge in [0.05, 0.1) is 0 Å². The van der Waals surface area contributed by atoms with Crippen molar-refractivity contribution in [1.82, 2.24) is 5.32 Å². The third-order valence-electron chi connectivity index (χ3n) is 3.22. The number of halogens is 1. The summed E-state index contributed by atoms with van der Waals surface area (Å²) >= 11 is 7.79. The van der Waals surface area contributed by atoms with Crippen molar-refractivity contribution in [2.75, 3.05) is 6.54 Å². The van der Waals surface area contributed by atoms with Gasteiger partial charge in [-0.25, -0.2) is 0 Å². The summed E-state index contributed by atoms with van der Waals surface area (Å²) in [6.45, 7) is 3.15. The molecule has 0 saturated carbocycles. The average molecular weight is 294 g/mol. The van der Waals surface area contributed by atoms with Crippen LogP contribution in [0.3, 0.4) is 0 Å². The molecule has 0 saturated heterocycles. The van der Waals surface area contributed by atoms with Crippen LogP contribution in [0.1, 0.15) is 36.2 Å². The normalized spacial score (nSPS) is 12.5. The summed E-state index contributed by atoms with van der Waals surface area (Å²) in [5.74, 6) is 0. The first-order valence-electron chi connectivity index (χ1n) is 6.81. The molecule has 0 aliphatic carbocycles. The molecule has 1 atom stereocenters. The van der Waals surface area contributed by atoms with E-state index in [2.05, 4.69) is 41.9 Å². The highest BCUT2D eigenvalue weighted by molar-refractivity contribution is 7.09. The van der Waals surface area contributed by atoms with Crippen LogP contribution in [0.2, 0.25) is 5.02 Å². The highest BCUT2D eigenvalue weighted by Crippen LogP contribution is 2.22. The van der Waals surface area contributed by atoms with Crippen molar-refractivity contribution in [2.24, 2.45) is 0 Å². The van der Waals surface area contributed by atoms with Crippen LogP contribution in [0.4, 0.5) is 0 Å². The molecule has 0 aliphatic rings. The van der Waals surface area contributed by atoms with E-state index in [1.807, 2.05) is 23.5 Å². The van der Waals surface area contributed by atoms with Crippen LogP contribution in [-0.4, -0.2) is 6.54 Å². The minimum atomic E-state index is 0.433. The maximum absolute atomic E-state index is 5.95. The van der Waals surface area contributed by atoms with Gasteiger partial charge in [0.1, 0.15) is 0 Å². The fourth-order valence-electron chi connectivity index (χ4n) is 2.26. The van der Waals surface area contributed by atoms with Crippen molar-refractivity contribution in [3.8, 4) is 0 Å². The molecule has 1 aromatic heterocycles. The molecule has 1 N–H and O–H groups in total. The molecule has 1 nitrogen and oxygen atoms in total. The summed E-state index contributed by atoms with van der Waals surface area (Å²) in [5.41, 5.74) is 1.33. The van der Waals surface area contributed by atoms with Gasteiger partial charge >= 0.3 is 0 Å². The fraction of sp³-hybridized carbons (Fsp3) is 0.375. The van der Waals surface area contributed by atoms with Crippen LogP contribution in [0.25, 0.3) is 0 Å². The molecule has 2 aromatic rings. The molecule has 102 valence electrons. The van der Waals surface area contributed by atoms with Crippen LogP contribution in [0, 0.1) is 0 Å². The van der Waals surface area contributed by atoms with Crippen molar-refractivity contribution in [2.45, 2.75) is 32.2 Å². The Morgan fingerprint density at radius 1 is 1.21 bits per heavy atom. The zero-order valence-corrected chi connectivity index (χ0v) is 12.8. The Hall–Kier alpha value is -0.830. The van der Waals surface area contributed by atoms with Crippen molar-refractivity contribution in [3.63, 3.8) is 0 Å². The molecule has 1 heterocycles. The minimum absolute atomic E-state index is 0.433. The number of thiophene rings is 1. The topological polar surface area (TPSA) is 12.0 Å². The van der Waals surface area contributed by atoms with E-state index in [-0.39, 0.29) is 0 Å². The number of hydrogen-bond acceptors (Lipinski definition) is 2. The molecule has 0 amide bonds. The maximum atomic E-state index is 5.95. The lowest BCUT2D eigenvalue weighted by Gasteiger charge is -2.18. The Morgan fingerprint density at radius 2 is 2.00 bits per heavy atom. The Balaban J connectivity index is 1.90. The molecule has 3 heteroatoms. The van der Waals surface area contributed by atoms with Gasteiger partial charge in [-0.1, -0.05) is 36.7 Å². The van der Waals surface area contributed by atoms with Crippen LogP contribution in [0.15, 0.2) is 41.8 Å². The number of hydrogen-bond donors (Lipinski definition) is 1. The zero-order chi connectivity index (χ0) is 13.5. The maximum Gasteiger partial charge on any atom is 0.0406 e. The number of aryl methyl sites for hydroxylation is 1. The molecule has 19 heavy (non-hydrogen) atoms. The summed E-state index contributed by atoms with van der Waals surface area (Å²) in [6, 6.07) is 13.0. The smallest absolute Gasteiger partial charge is 0.0406 e. The summed E-state index contributed by atoms with van der Waals surface area (Å²) in [5, 5.41) is 6.51. The lowest BCUT2D eigenvalue weighted by atomic mass is 10.0. The Bertz CT molecular complexity index is 464. The van der Waals surface area contributed by atoms with E-state index in [1.165, 1.54) is 23.3 Å². The quantitative estimate of drug-likeness (QED) is 0.751. The van der Waals surface area contributed by atoms with E-state index in [4.69, 9.17) is 11.6 Å². The van der Waals surface area contributed by atoms with Gasteiger partial charge in [0.25, 0.3) is 0 Å². The SMILES string of the molecule is CCNC(CCCc1cccs1)c1ccc(Cl)cc1. The molecule has 0 fully saturated rings. The van der Waals surface area contributed by atoms with Crippen LogP contribution < -0.4 is 5.32 Å². The molecule has 2 rings (SSSR count). The molecule has 1 unspecified atom stereocenters. The lowest BCUT2D eigenvalue weighted by Crippen LogP contribution is -2.20. The third kappa shape index (κ3) is 4.64. The van der Waals surface area contributed by atoms with Gasteiger partial charge in [0.15, 0.2) is 0 Å². The Labute approximate surface area is 124 Å². The average Bonchev–Trinajstić information content (AvgIpc) is 2.92. The molecule has 0 spiro atoms. The van der Waals surface area contributed by atoms with Crippen LogP contribution in [-0.2, 0) is 6.42 Å². The summed E-state index contributed by atoms with van der Waals surface area (Å²) in [6.07, 6.45) is 3.54. The molecule has 0 bridgehead atoms. The van der Waals surface area contributed by atoms with Crippen molar-refractivity contribution in [1.29, 1.82) is 0 Å². The van der Waals surface area contributed by atoms with E-state index < -0.39 is 0 Å². The molecule has 1 aromatic carbocycles. The summed E-state index contributed by atoms with van der Waals surface area (Å²) in [7, 11) is 0. The van der Waals surface area contributed by atoms with Crippen molar-refractivity contribution >= 4 is 22.9 Å². The molecular weight excluding hydrogens is 274 g/mol. The highest BCUT2D eigenvalue weighted by atomic mass is 35.5. The fourth-order valence-corrected chi connectivity index (χ4v) is 3.14. The number of nitrogens with one attached hydrogen (secondary N) is 1. The second-order valence-electron chi connectivity index (χ2n) is 4.63. The van der Waals surface area contributed by atoms with E-state index in [0.29, 0.717) is 6.04 Å². The van der Waals surface area contributed by atoms with Crippen molar-refractivity contribution < 1.29 is 0 Å². The second kappa shape index (κ2) is 7.68. The highest BCUT2D eigenvalue weighted by Gasteiger charge is 2.10. The van der Waals surface area contributed by atoms with Gasteiger partial charge in [-0.15, -0.1) is 11.3 Å². The predicted octanol–water partition coefficient (Wildman–Crippen LogP) is 5.08. The van der Waals surface area contributed by atoms with Gasteiger partial charge in [-0.05, 0) is 54.9 Å². The molecular formula is C16H20ClNS. The third-order valence-corrected chi connectivity index (χ3v) is 4.41. The Morgan fingerprint density at radius 3 is 2.63 bits per heavy atom. The monoisotopic (exact) mass is 293 g/mol. The van der Waals surface area contributed by atoms with Crippen LogP contribution in [0.5, 0.6) is 0 Å². The first kappa shape index (κ1) is 14.6. The van der Waals surface area contributed by atoms with Gasteiger partial charge < -0.3 is 5.32 Å².